The van der Waals surface area contributed by atoms with Crippen LogP contribution in [0.15, 0.2) is 0 Å². The maximum absolute atomic E-state index is 13.0. The molecular weight excluding hydrogens is 1170 g/mol. The van der Waals surface area contributed by atoms with Gasteiger partial charge >= 0.3 is 39.5 Å². The molecule has 3 unspecified atom stereocenters. The lowest BCUT2D eigenvalue weighted by atomic mass is 9.99. The first-order valence-corrected chi connectivity index (χ1v) is 39.4. The van der Waals surface area contributed by atoms with Gasteiger partial charge in [-0.05, 0) is 43.4 Å². The number of unbranched alkanes of at least 4 members (excludes halogenated alkanes) is 35. The molecule has 0 heterocycles. The Morgan fingerprint density at radius 3 is 0.854 bits per heavy atom. The predicted molar refractivity (Wildman–Crippen MR) is 358 cm³/mol. The molecule has 19 heteroatoms. The molecule has 0 saturated carbocycles. The van der Waals surface area contributed by atoms with Gasteiger partial charge in [0.25, 0.3) is 0 Å². The van der Waals surface area contributed by atoms with Crippen LogP contribution in [0.2, 0.25) is 0 Å². The minimum atomic E-state index is -4.95. The van der Waals surface area contributed by atoms with Gasteiger partial charge in [-0.1, -0.05) is 299 Å². The summed E-state index contributed by atoms with van der Waals surface area (Å²) in [7, 11) is -9.89. The van der Waals surface area contributed by atoms with E-state index in [0.717, 1.165) is 114 Å². The molecule has 0 aliphatic carbocycles. The van der Waals surface area contributed by atoms with Crippen molar-refractivity contribution in [3.8, 4) is 0 Å². The number of aliphatic hydroxyl groups excluding tert-OH is 1. The van der Waals surface area contributed by atoms with Gasteiger partial charge in [0.05, 0.1) is 26.4 Å². The number of phosphoric acid groups is 2. The third-order valence-electron chi connectivity index (χ3n) is 16.5. The van der Waals surface area contributed by atoms with Gasteiger partial charge in [-0.2, -0.15) is 0 Å². The lowest BCUT2D eigenvalue weighted by molar-refractivity contribution is -0.161. The van der Waals surface area contributed by atoms with E-state index in [4.69, 9.17) is 37.0 Å². The average Bonchev–Trinajstić information content (AvgIpc) is 3.54. The van der Waals surface area contributed by atoms with Crippen molar-refractivity contribution in [3.63, 3.8) is 0 Å². The highest BCUT2D eigenvalue weighted by atomic mass is 31.2. The number of hydrogen-bond acceptors (Lipinski definition) is 15. The standard InChI is InChI=1S/C70H136O17P2/c1-8-10-11-34-44-51-67(72)80-57-65(86-70(75)54-47-40-33-27-26-30-37-43-50-63(7)9-2)59-84-88(76,77)82-55-64(71)56-83-89(78,79)85-60-66(58-81-68(73)52-45-38-31-24-21-20-23-29-36-42-49-62(5)6)87-69(74)53-46-39-32-25-19-17-15-13-12-14-16-18-22-28-35-41-48-61(3)4/h61-66,71H,8-60H2,1-7H3,(H,76,77)(H,78,79)/t63?,64-,65+,66+/m0/s1. The Labute approximate surface area is 543 Å². The van der Waals surface area contributed by atoms with Crippen molar-refractivity contribution in [2.75, 3.05) is 39.6 Å². The van der Waals surface area contributed by atoms with Gasteiger partial charge in [0.1, 0.15) is 19.3 Å². The summed E-state index contributed by atoms with van der Waals surface area (Å²) in [4.78, 5) is 72.3. The van der Waals surface area contributed by atoms with Crippen molar-refractivity contribution in [1.82, 2.24) is 0 Å². The lowest BCUT2D eigenvalue weighted by Gasteiger charge is -2.21. The van der Waals surface area contributed by atoms with Crippen LogP contribution < -0.4 is 0 Å². The first-order valence-electron chi connectivity index (χ1n) is 36.4. The molecule has 0 radical (unpaired) electrons. The number of carbonyl (C=O) groups excluding carboxylic acids is 4. The van der Waals surface area contributed by atoms with Gasteiger partial charge in [0.2, 0.25) is 0 Å². The molecule has 0 aliphatic rings. The van der Waals surface area contributed by atoms with Crippen LogP contribution in [-0.4, -0.2) is 96.7 Å². The number of rotatable bonds is 68. The van der Waals surface area contributed by atoms with Crippen LogP contribution >= 0.6 is 15.6 Å². The Hall–Kier alpha value is -1.94. The van der Waals surface area contributed by atoms with Crippen LogP contribution in [-0.2, 0) is 65.4 Å². The normalized spacial score (nSPS) is 14.5. The summed E-state index contributed by atoms with van der Waals surface area (Å²) >= 11 is 0. The molecule has 0 aromatic carbocycles. The zero-order valence-corrected chi connectivity index (χ0v) is 59.7. The van der Waals surface area contributed by atoms with Crippen molar-refractivity contribution in [2.24, 2.45) is 17.8 Å². The van der Waals surface area contributed by atoms with Crippen LogP contribution in [0.5, 0.6) is 0 Å². The third kappa shape index (κ3) is 63.2. The molecule has 0 bridgehead atoms. The van der Waals surface area contributed by atoms with E-state index < -0.39 is 97.5 Å². The maximum atomic E-state index is 13.0. The molecule has 0 saturated heterocycles. The summed E-state index contributed by atoms with van der Waals surface area (Å²) in [6.45, 7) is 11.8. The molecule has 528 valence electrons. The number of aliphatic hydroxyl groups is 1. The molecule has 3 N–H and O–H groups in total. The van der Waals surface area contributed by atoms with E-state index in [1.54, 1.807) is 0 Å². The molecular formula is C70H136O17P2. The summed E-state index contributed by atoms with van der Waals surface area (Å²) in [5, 5.41) is 10.6. The summed E-state index contributed by atoms with van der Waals surface area (Å²) in [6, 6.07) is 0. The first-order chi connectivity index (χ1) is 42.8. The van der Waals surface area contributed by atoms with Gasteiger partial charge in [-0.15, -0.1) is 0 Å². The second-order valence-electron chi connectivity index (χ2n) is 26.5. The minimum absolute atomic E-state index is 0.104. The molecule has 6 atom stereocenters. The van der Waals surface area contributed by atoms with Crippen LogP contribution in [0.25, 0.3) is 0 Å². The van der Waals surface area contributed by atoms with Gasteiger partial charge in [0.15, 0.2) is 12.2 Å². The Morgan fingerprint density at radius 1 is 0.326 bits per heavy atom. The number of esters is 4. The van der Waals surface area contributed by atoms with E-state index in [1.165, 1.54) is 154 Å². The van der Waals surface area contributed by atoms with Crippen LogP contribution in [0.3, 0.4) is 0 Å². The second-order valence-corrected chi connectivity index (χ2v) is 29.4. The summed E-state index contributed by atoms with van der Waals surface area (Å²) < 4.78 is 68.1. The number of phosphoric ester groups is 2. The third-order valence-corrected chi connectivity index (χ3v) is 18.4. The average molecular weight is 1310 g/mol. The van der Waals surface area contributed by atoms with Crippen molar-refractivity contribution in [3.05, 3.63) is 0 Å². The summed E-state index contributed by atoms with van der Waals surface area (Å²) in [5.41, 5.74) is 0. The highest BCUT2D eigenvalue weighted by Gasteiger charge is 2.30. The van der Waals surface area contributed by atoms with Gasteiger partial charge < -0.3 is 33.8 Å². The lowest BCUT2D eigenvalue weighted by Crippen LogP contribution is -2.30. The molecule has 89 heavy (non-hydrogen) atoms. The van der Waals surface area contributed by atoms with Crippen LogP contribution in [0.4, 0.5) is 0 Å². The monoisotopic (exact) mass is 1310 g/mol. The fraction of sp³-hybridized carbons (Fsp3) is 0.943. The zero-order chi connectivity index (χ0) is 65.9. The maximum Gasteiger partial charge on any atom is 0.472 e. The smallest absolute Gasteiger partial charge is 0.462 e. The quantitative estimate of drug-likeness (QED) is 0.0222. The van der Waals surface area contributed by atoms with E-state index in [9.17, 15) is 43.2 Å². The fourth-order valence-corrected chi connectivity index (χ4v) is 12.1. The molecule has 0 amide bonds. The van der Waals surface area contributed by atoms with E-state index in [0.29, 0.717) is 25.7 Å². The Kier molecular flexibility index (Phi) is 59.6. The SMILES string of the molecule is CCCCCCCC(=O)OC[C@H](COP(=O)(O)OC[C@H](O)COP(=O)(O)OC[C@@H](COC(=O)CCCCCCCCCCCCC(C)C)OC(=O)CCCCCCCCCCCCCCCCCCC(C)C)OC(=O)CCCCCCCCCCC(C)CC. The largest absolute Gasteiger partial charge is 0.472 e. The molecule has 0 fully saturated rings. The van der Waals surface area contributed by atoms with E-state index in [-0.39, 0.29) is 25.7 Å². The summed E-state index contributed by atoms with van der Waals surface area (Å²) in [5.74, 6) is 0.199. The van der Waals surface area contributed by atoms with Crippen molar-refractivity contribution < 1.29 is 80.2 Å². The highest BCUT2D eigenvalue weighted by Crippen LogP contribution is 2.45. The number of hydrogen-bond donors (Lipinski definition) is 3. The van der Waals surface area contributed by atoms with Gasteiger partial charge in [-0.25, -0.2) is 9.13 Å². The predicted octanol–water partition coefficient (Wildman–Crippen LogP) is 19.8. The van der Waals surface area contributed by atoms with E-state index in [1.807, 2.05) is 0 Å². The molecule has 0 aliphatic heterocycles. The van der Waals surface area contributed by atoms with E-state index in [2.05, 4.69) is 48.5 Å². The zero-order valence-electron chi connectivity index (χ0n) is 57.9. The first kappa shape index (κ1) is 87.1. The van der Waals surface area contributed by atoms with E-state index >= 15 is 0 Å². The van der Waals surface area contributed by atoms with Crippen LogP contribution in [0, 0.1) is 17.8 Å². The topological polar surface area (TPSA) is 237 Å². The molecule has 0 rings (SSSR count). The van der Waals surface area contributed by atoms with Crippen molar-refractivity contribution in [2.45, 2.75) is 369 Å². The minimum Gasteiger partial charge on any atom is -0.462 e. The Bertz CT molecular complexity index is 1750. The van der Waals surface area contributed by atoms with Crippen molar-refractivity contribution in [1.29, 1.82) is 0 Å². The molecule has 0 spiro atoms. The number of carbonyl (C=O) groups is 4. The van der Waals surface area contributed by atoms with Gasteiger partial charge in [-0.3, -0.25) is 37.3 Å². The van der Waals surface area contributed by atoms with Crippen molar-refractivity contribution >= 4 is 39.5 Å². The molecule has 0 aromatic rings. The Balaban J connectivity index is 5.15. The molecule has 17 nitrogen and oxygen atoms in total. The van der Waals surface area contributed by atoms with Gasteiger partial charge in [0, 0.05) is 25.7 Å². The molecule has 0 aromatic heterocycles. The second kappa shape index (κ2) is 61.0. The summed E-state index contributed by atoms with van der Waals surface area (Å²) in [6.07, 6.45) is 44.8. The Morgan fingerprint density at radius 2 is 0.573 bits per heavy atom. The fourth-order valence-electron chi connectivity index (χ4n) is 10.5. The van der Waals surface area contributed by atoms with Crippen LogP contribution in [0.1, 0.15) is 350 Å². The number of ether oxygens (including phenoxy) is 4. The highest BCUT2D eigenvalue weighted by molar-refractivity contribution is 7.47.